The molecule has 2 N–H and O–H groups in total. The lowest BCUT2D eigenvalue weighted by molar-refractivity contribution is -0.145. The van der Waals surface area contributed by atoms with Crippen molar-refractivity contribution in [1.82, 2.24) is 25.1 Å². The molecule has 8 heteroatoms. The van der Waals surface area contributed by atoms with Crippen LogP contribution >= 0.6 is 11.6 Å². The summed E-state index contributed by atoms with van der Waals surface area (Å²) in [5, 5.41) is 15.0. The molecule has 0 aromatic carbocycles. The molecule has 122 valence electrons. The number of nitrogens with zero attached hydrogens (tertiary/aromatic N) is 3. The van der Waals surface area contributed by atoms with Gasteiger partial charge in [0.15, 0.2) is 11.5 Å². The molecule has 0 radical (unpaired) electrons. The number of ether oxygens (including phenoxy) is 1. The minimum absolute atomic E-state index is 0.226. The highest BCUT2D eigenvalue weighted by Crippen LogP contribution is 2.26. The first-order valence-electron chi connectivity index (χ1n) is 7.33. The quantitative estimate of drug-likeness (QED) is 0.599. The van der Waals surface area contributed by atoms with Crippen molar-refractivity contribution in [2.24, 2.45) is 0 Å². The number of esters is 1. The third kappa shape index (κ3) is 3.41. The lowest BCUT2D eigenvalue weighted by Crippen LogP contribution is -2.30. The Labute approximate surface area is 134 Å². The van der Waals surface area contributed by atoms with Gasteiger partial charge in [-0.25, -0.2) is 4.52 Å². The predicted molar refractivity (Wildman–Crippen MR) is 84.2 cm³/mol. The number of H-pyrrole nitrogens is 1. The molecular weight excluding hydrogens is 306 g/mol. The average Bonchev–Trinajstić information content (AvgIpc) is 2.99. The van der Waals surface area contributed by atoms with Gasteiger partial charge in [-0.1, -0.05) is 18.5 Å². The van der Waals surface area contributed by atoms with Crippen LogP contribution in [0.2, 0.25) is 5.02 Å². The van der Waals surface area contributed by atoms with Gasteiger partial charge in [-0.05, 0) is 27.3 Å². The Kier molecular flexibility index (Phi) is 5.08. The van der Waals surface area contributed by atoms with Gasteiger partial charge < -0.3 is 10.1 Å². The summed E-state index contributed by atoms with van der Waals surface area (Å²) in [5.74, 6) is 0.451. The second-order valence-corrected chi connectivity index (χ2v) is 6.26. The maximum atomic E-state index is 11.7. The largest absolute Gasteiger partial charge is 0.465 e. The zero-order valence-electron chi connectivity index (χ0n) is 13.4. The second-order valence-electron chi connectivity index (χ2n) is 5.88. The molecule has 2 heterocycles. The molecule has 0 saturated carbocycles. The molecule has 0 fully saturated rings. The Balaban J connectivity index is 2.05. The van der Waals surface area contributed by atoms with Crippen LogP contribution < -0.4 is 5.32 Å². The van der Waals surface area contributed by atoms with E-state index in [0.717, 1.165) is 12.2 Å². The number of nitrogens with one attached hydrogen (secondary N) is 2. The van der Waals surface area contributed by atoms with Crippen molar-refractivity contribution in [3.8, 4) is 0 Å². The van der Waals surface area contributed by atoms with E-state index >= 15 is 0 Å². The van der Waals surface area contributed by atoms with Crippen molar-refractivity contribution in [1.29, 1.82) is 0 Å². The number of halogens is 1. The van der Waals surface area contributed by atoms with Crippen LogP contribution in [0.1, 0.15) is 38.7 Å². The van der Waals surface area contributed by atoms with Crippen LogP contribution in [0.15, 0.2) is 0 Å². The van der Waals surface area contributed by atoms with E-state index in [2.05, 4.69) is 20.6 Å². The molecule has 0 aliphatic rings. The Hall–Kier alpha value is -1.60. The molecule has 22 heavy (non-hydrogen) atoms. The van der Waals surface area contributed by atoms with E-state index in [1.54, 1.807) is 4.52 Å². The number of aromatic nitrogens is 4. The first kappa shape index (κ1) is 16.8. The minimum atomic E-state index is -0.478. The molecule has 0 saturated heterocycles. The number of hydrogen-bond donors (Lipinski definition) is 2. The summed E-state index contributed by atoms with van der Waals surface area (Å²) in [4.78, 5) is 11.7. The van der Waals surface area contributed by atoms with E-state index in [4.69, 9.17) is 16.3 Å². The van der Waals surface area contributed by atoms with Gasteiger partial charge in [-0.15, -0.1) is 10.2 Å². The van der Waals surface area contributed by atoms with E-state index in [9.17, 15) is 4.79 Å². The van der Waals surface area contributed by atoms with Crippen LogP contribution in [0.25, 0.3) is 5.65 Å². The molecule has 0 aliphatic heterocycles. The fourth-order valence-corrected chi connectivity index (χ4v) is 2.28. The molecule has 0 aliphatic carbocycles. The summed E-state index contributed by atoms with van der Waals surface area (Å²) in [6.45, 7) is 9.45. The summed E-state index contributed by atoms with van der Waals surface area (Å²) in [6.07, 6.45) is 0.354. The molecule has 0 unspecified atom stereocenters. The van der Waals surface area contributed by atoms with Crippen LogP contribution in [0.5, 0.6) is 0 Å². The van der Waals surface area contributed by atoms with Gasteiger partial charge in [-0.3, -0.25) is 9.89 Å². The van der Waals surface area contributed by atoms with Crippen LogP contribution in [-0.4, -0.2) is 45.5 Å². The van der Waals surface area contributed by atoms with Crippen LogP contribution in [0.4, 0.5) is 0 Å². The van der Waals surface area contributed by atoms with E-state index < -0.39 is 5.41 Å². The summed E-state index contributed by atoms with van der Waals surface area (Å²) in [5.41, 5.74) is 0.931. The van der Waals surface area contributed by atoms with Crippen LogP contribution in [0.3, 0.4) is 0 Å². The number of rotatable bonds is 7. The standard InChI is InChI=1S/C14H22ClN5O2/c1-5-16-7-6-10(21)22-8-14(3,4)13-18-17-12-11(15)9(2)19-20(12)13/h16,19H,5-8H2,1-4H3. The van der Waals surface area contributed by atoms with Gasteiger partial charge in [-0.2, -0.15) is 0 Å². The minimum Gasteiger partial charge on any atom is -0.465 e. The number of carbonyl (C=O) groups is 1. The lowest BCUT2D eigenvalue weighted by Gasteiger charge is -2.21. The second kappa shape index (κ2) is 6.66. The van der Waals surface area contributed by atoms with Gasteiger partial charge in [0.05, 0.1) is 17.5 Å². The third-order valence-electron chi connectivity index (χ3n) is 3.42. The molecule has 7 nitrogen and oxygen atoms in total. The van der Waals surface area contributed by atoms with Gasteiger partial charge in [0.1, 0.15) is 11.6 Å². The monoisotopic (exact) mass is 327 g/mol. The smallest absolute Gasteiger partial charge is 0.307 e. The Morgan fingerprint density at radius 2 is 2.18 bits per heavy atom. The highest BCUT2D eigenvalue weighted by molar-refractivity contribution is 6.34. The van der Waals surface area contributed by atoms with Gasteiger partial charge >= 0.3 is 5.97 Å². The molecule has 2 rings (SSSR count). The van der Waals surface area contributed by atoms with Crippen LogP contribution in [0, 0.1) is 6.92 Å². The highest BCUT2D eigenvalue weighted by atomic mass is 35.5. The van der Waals surface area contributed by atoms with E-state index in [1.165, 1.54) is 0 Å². The van der Waals surface area contributed by atoms with E-state index in [-0.39, 0.29) is 12.6 Å². The van der Waals surface area contributed by atoms with Crippen molar-refractivity contribution >= 4 is 23.2 Å². The highest BCUT2D eigenvalue weighted by Gasteiger charge is 2.30. The topological polar surface area (TPSA) is 84.3 Å². The molecule has 0 spiro atoms. The van der Waals surface area contributed by atoms with Gasteiger partial charge in [0.25, 0.3) is 0 Å². The molecule has 2 aromatic heterocycles. The summed E-state index contributed by atoms with van der Waals surface area (Å²) >= 11 is 6.16. The predicted octanol–water partition coefficient (Wildman–Crippen LogP) is 1.84. The van der Waals surface area contributed by atoms with Crippen molar-refractivity contribution in [2.75, 3.05) is 19.7 Å². The van der Waals surface area contributed by atoms with Crippen molar-refractivity contribution in [3.63, 3.8) is 0 Å². The Bertz CT molecular complexity index is 662. The normalized spacial score (nSPS) is 12.0. The SMILES string of the molecule is CCNCCC(=O)OCC(C)(C)c1nnc2c(Cl)c(C)[nH]n12. The van der Waals surface area contributed by atoms with Crippen molar-refractivity contribution in [2.45, 2.75) is 39.5 Å². The molecule has 2 aromatic rings. The number of aryl methyl sites for hydroxylation is 1. The number of hydrogen-bond acceptors (Lipinski definition) is 5. The summed E-state index contributed by atoms with van der Waals surface area (Å²) < 4.78 is 7.10. The first-order valence-corrected chi connectivity index (χ1v) is 7.70. The molecule has 0 atom stereocenters. The summed E-state index contributed by atoms with van der Waals surface area (Å²) in [6, 6.07) is 0. The maximum absolute atomic E-state index is 11.7. The lowest BCUT2D eigenvalue weighted by atomic mass is 9.94. The number of aromatic amines is 1. The van der Waals surface area contributed by atoms with Crippen molar-refractivity contribution < 1.29 is 9.53 Å². The Morgan fingerprint density at radius 3 is 2.86 bits per heavy atom. The summed E-state index contributed by atoms with van der Waals surface area (Å²) in [7, 11) is 0. The van der Waals surface area contributed by atoms with Crippen molar-refractivity contribution in [3.05, 3.63) is 16.5 Å². The van der Waals surface area contributed by atoms with Gasteiger partial charge in [0.2, 0.25) is 0 Å². The fourth-order valence-electron chi connectivity index (χ4n) is 2.12. The Morgan fingerprint density at radius 1 is 1.45 bits per heavy atom. The van der Waals surface area contributed by atoms with Gasteiger partial charge in [0, 0.05) is 6.54 Å². The molecule has 0 bridgehead atoms. The first-order chi connectivity index (χ1) is 10.4. The zero-order valence-corrected chi connectivity index (χ0v) is 14.1. The third-order valence-corrected chi connectivity index (χ3v) is 3.88. The van der Waals surface area contributed by atoms with E-state index in [0.29, 0.717) is 29.5 Å². The van der Waals surface area contributed by atoms with E-state index in [1.807, 2.05) is 27.7 Å². The van der Waals surface area contributed by atoms with Crippen LogP contribution in [-0.2, 0) is 14.9 Å². The number of fused-ring (bicyclic) bond motifs is 1. The zero-order chi connectivity index (χ0) is 16.3. The molecule has 0 amide bonds. The fraction of sp³-hybridized carbons (Fsp3) is 0.643. The molecular formula is C14H22ClN5O2. The maximum Gasteiger partial charge on any atom is 0.307 e. The average molecular weight is 328 g/mol. The number of carbonyl (C=O) groups excluding carboxylic acids is 1.